The van der Waals surface area contributed by atoms with Gasteiger partial charge in [-0.2, -0.15) is 0 Å². The van der Waals surface area contributed by atoms with Crippen LogP contribution in [0.4, 0.5) is 4.39 Å². The molecule has 0 bridgehead atoms. The molecule has 0 aromatic heterocycles. The van der Waals surface area contributed by atoms with E-state index in [4.69, 9.17) is 16.3 Å². The molecule has 3 rings (SSSR count). The van der Waals surface area contributed by atoms with Gasteiger partial charge in [0.25, 0.3) is 0 Å². The summed E-state index contributed by atoms with van der Waals surface area (Å²) in [5.74, 6) is -0.0429. The van der Waals surface area contributed by atoms with Gasteiger partial charge in [-0.05, 0) is 30.9 Å². The molecule has 2 aliphatic heterocycles. The Labute approximate surface area is 159 Å². The molecule has 2 heterocycles. The molecule has 2 aliphatic rings. The van der Waals surface area contributed by atoms with Gasteiger partial charge in [0.05, 0.1) is 5.02 Å². The second-order valence-corrected chi connectivity index (χ2v) is 6.41. The smallest absolute Gasteiger partial charge is 0.139 e. The summed E-state index contributed by atoms with van der Waals surface area (Å²) in [5.41, 5.74) is 0.610. The van der Waals surface area contributed by atoms with Crippen LogP contribution in [-0.4, -0.2) is 49.4 Å². The van der Waals surface area contributed by atoms with Crippen molar-refractivity contribution in [3.8, 4) is 5.75 Å². The van der Waals surface area contributed by atoms with E-state index >= 15 is 0 Å². The number of hydrogen-bond donors (Lipinski definition) is 2. The van der Waals surface area contributed by atoms with Crippen LogP contribution >= 0.6 is 36.4 Å². The molecule has 0 unspecified atom stereocenters. The van der Waals surface area contributed by atoms with E-state index in [0.29, 0.717) is 11.5 Å². The molecule has 1 aromatic carbocycles. The zero-order valence-corrected chi connectivity index (χ0v) is 15.7. The van der Waals surface area contributed by atoms with Crippen molar-refractivity contribution in [2.45, 2.75) is 18.9 Å². The number of nitrogens with zero attached hydrogens (tertiary/aromatic N) is 1. The van der Waals surface area contributed by atoms with Crippen molar-refractivity contribution in [3.63, 3.8) is 0 Å². The molecule has 1 atom stereocenters. The van der Waals surface area contributed by atoms with E-state index in [9.17, 15) is 9.50 Å². The minimum Gasteiger partial charge on any atom is -0.506 e. The molecule has 8 heteroatoms. The van der Waals surface area contributed by atoms with Crippen LogP contribution in [0.2, 0.25) is 5.02 Å². The minimum atomic E-state index is -0.398. The molecular formula is C16H24Cl3FN2O2. The Hall–Kier alpha value is -0.300. The van der Waals surface area contributed by atoms with Crippen molar-refractivity contribution in [2.75, 3.05) is 39.4 Å². The van der Waals surface area contributed by atoms with Gasteiger partial charge < -0.3 is 15.2 Å². The Morgan fingerprint density at radius 3 is 2.46 bits per heavy atom. The van der Waals surface area contributed by atoms with Crippen LogP contribution in [0.3, 0.4) is 0 Å². The largest absolute Gasteiger partial charge is 0.506 e. The quantitative estimate of drug-likeness (QED) is 0.815. The van der Waals surface area contributed by atoms with Gasteiger partial charge in [0.2, 0.25) is 0 Å². The summed E-state index contributed by atoms with van der Waals surface area (Å²) in [6.07, 6.45) is 1.84. The number of benzene rings is 1. The van der Waals surface area contributed by atoms with Gasteiger partial charge in [0, 0.05) is 51.0 Å². The number of aromatic hydroxyl groups is 1. The third-order valence-electron chi connectivity index (χ3n) is 4.63. The number of phenols is 1. The molecule has 0 amide bonds. The number of nitrogens with one attached hydrogen (secondary N) is 1. The molecule has 0 saturated carbocycles. The number of ether oxygens (including phenoxy) is 1. The highest BCUT2D eigenvalue weighted by Gasteiger charge is 2.33. The summed E-state index contributed by atoms with van der Waals surface area (Å²) < 4.78 is 19.3. The zero-order valence-electron chi connectivity index (χ0n) is 13.3. The molecule has 1 aromatic rings. The summed E-state index contributed by atoms with van der Waals surface area (Å²) in [5, 5.41) is 13.8. The highest BCUT2D eigenvalue weighted by molar-refractivity contribution is 6.32. The first-order valence-electron chi connectivity index (χ1n) is 7.87. The Bertz CT molecular complexity index is 506. The van der Waals surface area contributed by atoms with Crippen LogP contribution in [-0.2, 0) is 4.74 Å². The van der Waals surface area contributed by atoms with Crippen LogP contribution in [0.15, 0.2) is 12.1 Å². The standard InChI is InChI=1S/C16H22ClFN2O2.2ClH/c17-14-10-12(18)9-13(16(14)21)15(11-1-7-22-8-2-11)20-5-3-19-4-6-20;;/h9-11,15,19,21H,1-8H2;2*1H/t15-;;/m1../s1. The molecule has 138 valence electrons. The van der Waals surface area contributed by atoms with E-state index in [0.717, 1.165) is 52.2 Å². The Morgan fingerprint density at radius 2 is 1.83 bits per heavy atom. The summed E-state index contributed by atoms with van der Waals surface area (Å²) in [6, 6.07) is 2.59. The number of halogens is 4. The van der Waals surface area contributed by atoms with Gasteiger partial charge in [0.15, 0.2) is 0 Å². The predicted octanol–water partition coefficient (Wildman–Crippen LogP) is 3.40. The maximum Gasteiger partial charge on any atom is 0.139 e. The summed E-state index contributed by atoms with van der Waals surface area (Å²) in [4.78, 5) is 2.33. The highest BCUT2D eigenvalue weighted by atomic mass is 35.5. The third kappa shape index (κ3) is 4.87. The van der Waals surface area contributed by atoms with E-state index in [1.54, 1.807) is 0 Å². The first-order chi connectivity index (χ1) is 10.7. The first-order valence-corrected chi connectivity index (χ1v) is 8.25. The second kappa shape index (κ2) is 10.00. The number of rotatable bonds is 3. The average Bonchev–Trinajstić information content (AvgIpc) is 2.54. The van der Waals surface area contributed by atoms with E-state index < -0.39 is 5.82 Å². The molecule has 24 heavy (non-hydrogen) atoms. The predicted molar refractivity (Wildman–Crippen MR) is 98.3 cm³/mol. The summed E-state index contributed by atoms with van der Waals surface area (Å²) in [7, 11) is 0. The number of hydrogen-bond acceptors (Lipinski definition) is 4. The molecule has 4 nitrogen and oxygen atoms in total. The van der Waals surface area contributed by atoms with Crippen LogP contribution in [0.25, 0.3) is 0 Å². The lowest BCUT2D eigenvalue weighted by Crippen LogP contribution is -2.47. The van der Waals surface area contributed by atoms with Gasteiger partial charge >= 0.3 is 0 Å². The lowest BCUT2D eigenvalue weighted by Gasteiger charge is -2.41. The van der Waals surface area contributed by atoms with Crippen molar-refractivity contribution in [1.29, 1.82) is 0 Å². The fourth-order valence-corrected chi connectivity index (χ4v) is 3.77. The van der Waals surface area contributed by atoms with E-state index in [1.807, 2.05) is 0 Å². The van der Waals surface area contributed by atoms with Gasteiger partial charge in [-0.3, -0.25) is 4.90 Å². The molecule has 0 spiro atoms. The number of piperazine rings is 1. The third-order valence-corrected chi connectivity index (χ3v) is 4.92. The van der Waals surface area contributed by atoms with Crippen LogP contribution in [0.1, 0.15) is 24.4 Å². The van der Waals surface area contributed by atoms with Crippen molar-refractivity contribution in [1.82, 2.24) is 10.2 Å². The lowest BCUT2D eigenvalue weighted by molar-refractivity contribution is 0.0206. The van der Waals surface area contributed by atoms with Gasteiger partial charge in [-0.25, -0.2) is 4.39 Å². The second-order valence-electron chi connectivity index (χ2n) is 6.01. The maximum atomic E-state index is 13.9. The molecule has 2 N–H and O–H groups in total. The minimum absolute atomic E-state index is 0. The average molecular weight is 402 g/mol. The topological polar surface area (TPSA) is 44.7 Å². The Balaban J connectivity index is 0.00000144. The monoisotopic (exact) mass is 400 g/mol. The van der Waals surface area contributed by atoms with Crippen molar-refractivity contribution in [2.24, 2.45) is 5.92 Å². The van der Waals surface area contributed by atoms with Gasteiger partial charge in [-0.15, -0.1) is 24.8 Å². The van der Waals surface area contributed by atoms with E-state index in [1.165, 1.54) is 12.1 Å². The van der Waals surface area contributed by atoms with Gasteiger partial charge in [0.1, 0.15) is 11.6 Å². The van der Waals surface area contributed by atoms with Crippen LogP contribution in [0.5, 0.6) is 5.75 Å². The lowest BCUT2D eigenvalue weighted by atomic mass is 9.85. The molecule has 0 radical (unpaired) electrons. The fourth-order valence-electron chi connectivity index (χ4n) is 3.55. The Morgan fingerprint density at radius 1 is 1.21 bits per heavy atom. The summed E-state index contributed by atoms with van der Waals surface area (Å²) >= 11 is 6.00. The van der Waals surface area contributed by atoms with Crippen molar-refractivity contribution in [3.05, 3.63) is 28.5 Å². The molecule has 2 fully saturated rings. The first kappa shape index (κ1) is 21.7. The maximum absolute atomic E-state index is 13.9. The van der Waals surface area contributed by atoms with E-state index in [-0.39, 0.29) is 41.6 Å². The van der Waals surface area contributed by atoms with Crippen LogP contribution in [0, 0.1) is 11.7 Å². The number of phenolic OH excluding ortho intramolecular Hbond substituents is 1. The molecule has 2 saturated heterocycles. The highest BCUT2D eigenvalue weighted by Crippen LogP contribution is 2.42. The Kier molecular flexibility index (Phi) is 9.06. The molecule has 0 aliphatic carbocycles. The van der Waals surface area contributed by atoms with E-state index in [2.05, 4.69) is 10.2 Å². The van der Waals surface area contributed by atoms with Gasteiger partial charge in [-0.1, -0.05) is 11.6 Å². The normalized spacial score (nSPS) is 20.8. The summed E-state index contributed by atoms with van der Waals surface area (Å²) in [6.45, 7) is 5.02. The molecular weight excluding hydrogens is 378 g/mol. The zero-order chi connectivity index (χ0) is 15.5. The van der Waals surface area contributed by atoms with Crippen molar-refractivity contribution >= 4 is 36.4 Å². The van der Waals surface area contributed by atoms with Crippen molar-refractivity contribution < 1.29 is 14.2 Å². The van der Waals surface area contributed by atoms with Crippen LogP contribution < -0.4 is 5.32 Å². The SMILES string of the molecule is Cl.Cl.Oc1c(Cl)cc(F)cc1[C@@H](C1CCOCC1)N1CCNCC1. The fraction of sp³-hybridized carbons (Fsp3) is 0.625.